The van der Waals surface area contributed by atoms with Crippen LogP contribution in [-0.4, -0.2) is 141 Å². The lowest BCUT2D eigenvalue weighted by Crippen LogP contribution is -2.57. The summed E-state index contributed by atoms with van der Waals surface area (Å²) in [6.45, 7) is 0. The summed E-state index contributed by atoms with van der Waals surface area (Å²) in [6.07, 6.45) is 0. The van der Waals surface area contributed by atoms with Gasteiger partial charge in [0, 0.05) is 33.2 Å². The second kappa shape index (κ2) is 16.8. The van der Waals surface area contributed by atoms with Gasteiger partial charge >= 0.3 is 0 Å². The SMILES string of the molecule is Bc1c(B)c(B)c(-c2c(B)c(B)c(N(c3cccc(-c4cccc5oc6c7ccccc7ccc6c45)c3)c3c(B)c(B)c(-c4c(B)c(B)c(B)c(B)c4B)c(B)c3B)c(B)c2B)c(B)c1B. The third-order valence-corrected chi connectivity index (χ3v) is 16.9. The fraction of sp³-hybridized carbons (Fsp3) is 0. The second-order valence-corrected chi connectivity index (χ2v) is 19.8. The molecule has 0 N–H and O–H groups in total. The summed E-state index contributed by atoms with van der Waals surface area (Å²) < 4.78 is 6.72. The van der Waals surface area contributed by atoms with Crippen molar-refractivity contribution in [3.8, 4) is 33.4 Å². The molecule has 298 valence electrons. The van der Waals surface area contributed by atoms with Gasteiger partial charge < -0.3 is 9.32 Å². The van der Waals surface area contributed by atoms with E-state index in [1.165, 1.54) is 143 Å². The van der Waals surface area contributed by atoms with Gasteiger partial charge in [0.15, 0.2) is 0 Å². The third kappa shape index (κ3) is 6.73. The summed E-state index contributed by atoms with van der Waals surface area (Å²) in [5.41, 5.74) is 37.8. The average molecular weight is 827 g/mol. The van der Waals surface area contributed by atoms with Crippen LogP contribution < -0.4 is 103 Å². The summed E-state index contributed by atoms with van der Waals surface area (Å²) in [7, 11) is 41.9. The van der Waals surface area contributed by atoms with Crippen LogP contribution in [0.25, 0.3) is 66.1 Å². The Morgan fingerprint density at radius 1 is 0.333 bits per heavy atom. The number of anilines is 3. The van der Waals surface area contributed by atoms with Gasteiger partial charge in [-0.1, -0.05) is 120 Å². The normalized spacial score (nSPS) is 11.5. The lowest BCUT2D eigenvalue weighted by Gasteiger charge is -2.37. The molecule has 9 rings (SSSR count). The molecule has 0 spiro atoms. The molecule has 0 aliphatic carbocycles. The lowest BCUT2D eigenvalue weighted by atomic mass is 9.56. The second-order valence-electron chi connectivity index (χ2n) is 19.8. The molecule has 1 aromatic heterocycles. The van der Waals surface area contributed by atoms with Crippen molar-refractivity contribution in [2.75, 3.05) is 4.90 Å². The molecule has 0 aliphatic rings. The van der Waals surface area contributed by atoms with E-state index < -0.39 is 0 Å². The largest absolute Gasteiger partial charge is 0.455 e. The van der Waals surface area contributed by atoms with E-state index in [0.717, 1.165) is 38.6 Å². The maximum atomic E-state index is 6.72. The Hall–Kier alpha value is -5.21. The lowest BCUT2D eigenvalue weighted by molar-refractivity contribution is 0.673. The molecule has 0 unspecified atom stereocenters. The van der Waals surface area contributed by atoms with Crippen LogP contribution in [0.3, 0.4) is 0 Å². The van der Waals surface area contributed by atoms with E-state index in [1.807, 2.05) is 0 Å². The molecule has 1 heterocycles. The highest BCUT2D eigenvalue weighted by Crippen LogP contribution is 2.41. The Morgan fingerprint density at radius 3 is 1.21 bits per heavy atom. The summed E-state index contributed by atoms with van der Waals surface area (Å²) in [5.74, 6) is 0. The summed E-state index contributed by atoms with van der Waals surface area (Å²) in [4.78, 5) is 2.63. The van der Waals surface area contributed by atoms with Crippen LogP contribution in [0.2, 0.25) is 0 Å². The highest BCUT2D eigenvalue weighted by molar-refractivity contribution is 6.73. The van der Waals surface area contributed by atoms with Crippen LogP contribution in [0.15, 0.2) is 83.3 Å². The zero-order chi connectivity index (χ0) is 47.5. The van der Waals surface area contributed by atoms with Crippen molar-refractivity contribution in [3.63, 3.8) is 0 Å². The Morgan fingerprint density at radius 2 is 0.742 bits per heavy atom. The number of benzene rings is 8. The monoisotopic (exact) mass is 830 g/mol. The Labute approximate surface area is 408 Å². The van der Waals surface area contributed by atoms with E-state index in [2.05, 4.69) is 225 Å². The zero-order valence-corrected chi connectivity index (χ0v) is 42.9. The maximum Gasteiger partial charge on any atom is 0.143 e. The van der Waals surface area contributed by atoms with Gasteiger partial charge in [-0.05, 0) is 63.0 Å². The third-order valence-electron chi connectivity index (χ3n) is 16.9. The van der Waals surface area contributed by atoms with Crippen molar-refractivity contribution in [3.05, 3.63) is 78.9 Å². The number of furan rings is 1. The molecular weight excluding hydrogens is 777 g/mol. The number of hydrogen-bond donors (Lipinski definition) is 0. The highest BCUT2D eigenvalue weighted by Gasteiger charge is 2.29. The number of rotatable bonds is 6. The topological polar surface area (TPSA) is 16.4 Å². The molecule has 20 heteroatoms. The van der Waals surface area contributed by atoms with Crippen LogP contribution >= 0.6 is 0 Å². The predicted octanol–water partition coefficient (Wildman–Crippen LogP) is -18.1. The number of hydrogen-bond acceptors (Lipinski definition) is 2. The van der Waals surface area contributed by atoms with Gasteiger partial charge in [0.05, 0.1) is 0 Å². The van der Waals surface area contributed by atoms with Gasteiger partial charge in [-0.3, -0.25) is 0 Å². The molecule has 2 nitrogen and oxygen atoms in total. The molecule has 9 aromatic rings. The first-order valence-electron chi connectivity index (χ1n) is 23.9. The van der Waals surface area contributed by atoms with Gasteiger partial charge in [-0.2, -0.15) is 0 Å². The molecule has 0 amide bonds. The van der Waals surface area contributed by atoms with Crippen LogP contribution in [0.5, 0.6) is 0 Å². The van der Waals surface area contributed by atoms with Crippen molar-refractivity contribution in [1.29, 1.82) is 0 Å². The van der Waals surface area contributed by atoms with Gasteiger partial charge in [0.2, 0.25) is 0 Å². The average Bonchev–Trinajstić information content (AvgIpc) is 3.71. The fourth-order valence-electron chi connectivity index (χ4n) is 11.7. The van der Waals surface area contributed by atoms with E-state index in [1.54, 1.807) is 0 Å². The van der Waals surface area contributed by atoms with Crippen molar-refractivity contribution in [1.82, 2.24) is 0 Å². The minimum absolute atomic E-state index is 0.905. The molecule has 66 heavy (non-hydrogen) atoms. The van der Waals surface area contributed by atoms with Crippen LogP contribution in [0, 0.1) is 0 Å². The zero-order valence-electron chi connectivity index (χ0n) is 42.9. The summed E-state index contributed by atoms with van der Waals surface area (Å²) >= 11 is 0. The molecule has 0 saturated carbocycles. The number of nitrogens with zero attached hydrogens (tertiary/aromatic N) is 1. The van der Waals surface area contributed by atoms with Crippen molar-refractivity contribution in [2.45, 2.75) is 0 Å². The summed E-state index contributed by atoms with van der Waals surface area (Å²) in [6, 6.07) is 28.8. The predicted molar refractivity (Wildman–Crippen MR) is 349 cm³/mol. The van der Waals surface area contributed by atoms with Gasteiger partial charge in [-0.15, -0.1) is 32.8 Å². The van der Waals surface area contributed by atoms with E-state index >= 15 is 0 Å². The molecule has 0 saturated heterocycles. The van der Waals surface area contributed by atoms with Crippen molar-refractivity contribution in [2.24, 2.45) is 0 Å². The maximum absolute atomic E-state index is 6.72. The first kappa shape index (κ1) is 45.9. The van der Waals surface area contributed by atoms with E-state index in [9.17, 15) is 0 Å². The smallest absolute Gasteiger partial charge is 0.143 e. The quantitative estimate of drug-likeness (QED) is 0.155. The first-order chi connectivity index (χ1) is 31.3. The van der Waals surface area contributed by atoms with E-state index in [-0.39, 0.29) is 0 Å². The molecule has 0 radical (unpaired) electrons. The Balaban J connectivity index is 1.36. The molecule has 0 bridgehead atoms. The van der Waals surface area contributed by atoms with Gasteiger partial charge in [0.25, 0.3) is 0 Å². The van der Waals surface area contributed by atoms with Crippen molar-refractivity contribution >= 4 is 289 Å². The minimum atomic E-state index is 0.905. The Kier molecular flexibility index (Phi) is 11.7. The van der Waals surface area contributed by atoms with Gasteiger partial charge in [-0.25, -0.2) is 0 Å². The standard InChI is InChI=1S/C46H49B18NO/c47-26-22(27(48)35(56)38(59)34(26)55)24-30(51)40(61)44(41(62)31(24)52)65(45-42(63)32(53)25(33(54)43(45)64)23-28(49)36(57)39(60)37(58)29(23)50)16-7-3-6-15(13-16)17-9-4-10-20-21(17)19-12-11-14-5-1-2-8-18(14)46(19)66-20/h1-13H,47-64H2. The molecule has 8 aromatic carbocycles. The highest BCUT2D eigenvalue weighted by atomic mass is 16.3. The van der Waals surface area contributed by atoms with E-state index in [0.29, 0.717) is 0 Å². The number of fused-ring (bicyclic) bond motifs is 5. The first-order valence-corrected chi connectivity index (χ1v) is 23.9. The fourth-order valence-corrected chi connectivity index (χ4v) is 11.7. The van der Waals surface area contributed by atoms with E-state index in [4.69, 9.17) is 4.42 Å². The molecular formula is C46H49B18NO. The van der Waals surface area contributed by atoms with Crippen molar-refractivity contribution < 1.29 is 4.42 Å². The van der Waals surface area contributed by atoms with Gasteiger partial charge in [0.1, 0.15) is 152 Å². The molecule has 0 aliphatic heterocycles. The van der Waals surface area contributed by atoms with Crippen LogP contribution in [-0.2, 0) is 0 Å². The minimum Gasteiger partial charge on any atom is -0.455 e. The molecule has 0 atom stereocenters. The van der Waals surface area contributed by atoms with Crippen LogP contribution in [0.4, 0.5) is 17.1 Å². The Bertz CT molecular complexity index is 3350. The molecule has 0 fully saturated rings. The summed E-state index contributed by atoms with van der Waals surface area (Å²) in [5, 5.41) is 4.62. The van der Waals surface area contributed by atoms with Crippen LogP contribution in [0.1, 0.15) is 0 Å².